The highest BCUT2D eigenvalue weighted by Gasteiger charge is 2.29. The smallest absolute Gasteiger partial charge is 0.264 e. The minimum atomic E-state index is -3.99. The molecule has 0 aliphatic rings. The lowest BCUT2D eigenvalue weighted by molar-refractivity contribution is -0.119. The number of nitrogens with zero attached hydrogens (tertiary/aromatic N) is 1. The van der Waals surface area contributed by atoms with Crippen molar-refractivity contribution >= 4 is 21.6 Å². The van der Waals surface area contributed by atoms with Gasteiger partial charge in [0.1, 0.15) is 18.0 Å². The quantitative estimate of drug-likeness (QED) is 0.708. The van der Waals surface area contributed by atoms with Crippen LogP contribution in [0.2, 0.25) is 0 Å². The van der Waals surface area contributed by atoms with Gasteiger partial charge in [0.05, 0.1) is 24.8 Å². The summed E-state index contributed by atoms with van der Waals surface area (Å²) in [7, 11) is -1.04. The number of carbonyl (C=O) groups excluding carboxylic acids is 1. The molecule has 0 heterocycles. The largest absolute Gasteiger partial charge is 0.497 e. The van der Waals surface area contributed by atoms with Gasteiger partial charge in [-0.1, -0.05) is 19.1 Å². The van der Waals surface area contributed by atoms with Crippen molar-refractivity contribution in [2.75, 3.05) is 31.6 Å². The topological polar surface area (TPSA) is 84.9 Å². The number of rotatable bonds is 9. The molecule has 7 nitrogen and oxygen atoms in total. The van der Waals surface area contributed by atoms with Gasteiger partial charge in [-0.05, 0) is 42.8 Å². The fourth-order valence-electron chi connectivity index (χ4n) is 2.46. The number of amides is 1. The molecule has 0 bridgehead atoms. The summed E-state index contributed by atoms with van der Waals surface area (Å²) in [5.41, 5.74) is 0.294. The molecule has 1 amide bonds. The second-order valence-electron chi connectivity index (χ2n) is 5.71. The minimum Gasteiger partial charge on any atom is -0.497 e. The van der Waals surface area contributed by atoms with Crippen molar-refractivity contribution in [3.05, 3.63) is 48.5 Å². The van der Waals surface area contributed by atoms with Crippen molar-refractivity contribution in [1.29, 1.82) is 0 Å². The van der Waals surface area contributed by atoms with E-state index in [0.717, 1.165) is 10.7 Å². The molecule has 0 unspecified atom stereocenters. The van der Waals surface area contributed by atoms with Crippen molar-refractivity contribution in [2.24, 2.45) is 0 Å². The normalized spacial score (nSPS) is 10.9. The number of benzene rings is 2. The van der Waals surface area contributed by atoms with E-state index in [-0.39, 0.29) is 17.3 Å². The molecule has 0 aliphatic carbocycles. The third-order valence-corrected chi connectivity index (χ3v) is 5.63. The Kier molecular flexibility index (Phi) is 7.06. The van der Waals surface area contributed by atoms with Gasteiger partial charge in [-0.25, -0.2) is 8.42 Å². The second-order valence-corrected chi connectivity index (χ2v) is 7.57. The van der Waals surface area contributed by atoms with E-state index in [2.05, 4.69) is 5.32 Å². The fraction of sp³-hybridized carbons (Fsp3) is 0.316. The van der Waals surface area contributed by atoms with Gasteiger partial charge in [-0.2, -0.15) is 0 Å². The molecule has 0 aliphatic heterocycles. The van der Waals surface area contributed by atoms with E-state index in [1.165, 1.54) is 26.4 Å². The lowest BCUT2D eigenvalue weighted by Gasteiger charge is -2.25. The maximum Gasteiger partial charge on any atom is 0.264 e. The summed E-state index contributed by atoms with van der Waals surface area (Å²) >= 11 is 0. The molecule has 2 aromatic carbocycles. The average molecular weight is 392 g/mol. The van der Waals surface area contributed by atoms with E-state index in [1.54, 1.807) is 36.4 Å². The van der Waals surface area contributed by atoms with Crippen LogP contribution >= 0.6 is 0 Å². The van der Waals surface area contributed by atoms with E-state index in [1.807, 2.05) is 6.92 Å². The maximum atomic E-state index is 13.3. The van der Waals surface area contributed by atoms with Crippen LogP contribution in [0.1, 0.15) is 13.3 Å². The molecule has 146 valence electrons. The molecule has 0 fully saturated rings. The van der Waals surface area contributed by atoms with Crippen LogP contribution < -0.4 is 19.1 Å². The van der Waals surface area contributed by atoms with Gasteiger partial charge in [0.2, 0.25) is 5.91 Å². The SMILES string of the molecule is CCCNC(=O)CN(c1ccccc1OC)S(=O)(=O)c1ccc(OC)cc1. The van der Waals surface area contributed by atoms with Gasteiger partial charge < -0.3 is 14.8 Å². The third kappa shape index (κ3) is 4.91. The first-order valence-electron chi connectivity index (χ1n) is 8.50. The van der Waals surface area contributed by atoms with Gasteiger partial charge >= 0.3 is 0 Å². The number of anilines is 1. The van der Waals surface area contributed by atoms with Crippen molar-refractivity contribution in [3.63, 3.8) is 0 Å². The average Bonchev–Trinajstić information content (AvgIpc) is 2.70. The Morgan fingerprint density at radius 3 is 2.30 bits per heavy atom. The number of hydrogen-bond acceptors (Lipinski definition) is 5. The number of para-hydroxylation sites is 2. The highest BCUT2D eigenvalue weighted by molar-refractivity contribution is 7.92. The van der Waals surface area contributed by atoms with Crippen LogP contribution in [0.5, 0.6) is 11.5 Å². The molecule has 2 aromatic rings. The predicted molar refractivity (Wildman–Crippen MR) is 104 cm³/mol. The third-order valence-electron chi connectivity index (χ3n) is 3.86. The van der Waals surface area contributed by atoms with Crippen LogP contribution in [-0.4, -0.2) is 41.6 Å². The zero-order valence-corrected chi connectivity index (χ0v) is 16.5. The number of methoxy groups -OCH3 is 2. The Hall–Kier alpha value is -2.74. The summed E-state index contributed by atoms with van der Waals surface area (Å²) in [5, 5.41) is 2.71. The van der Waals surface area contributed by atoms with Crippen molar-refractivity contribution in [3.8, 4) is 11.5 Å². The van der Waals surface area contributed by atoms with Gasteiger partial charge in [-0.15, -0.1) is 0 Å². The molecule has 0 atom stereocenters. The molecule has 0 saturated carbocycles. The highest BCUT2D eigenvalue weighted by Crippen LogP contribution is 2.32. The number of nitrogens with one attached hydrogen (secondary N) is 1. The summed E-state index contributed by atoms with van der Waals surface area (Å²) < 4.78 is 38.0. The molecule has 0 radical (unpaired) electrons. The van der Waals surface area contributed by atoms with E-state index in [9.17, 15) is 13.2 Å². The van der Waals surface area contributed by atoms with E-state index in [4.69, 9.17) is 9.47 Å². The molecular formula is C19H24N2O5S. The molecular weight excluding hydrogens is 368 g/mol. The van der Waals surface area contributed by atoms with Crippen molar-refractivity contribution < 1.29 is 22.7 Å². The van der Waals surface area contributed by atoms with E-state index in [0.29, 0.717) is 23.7 Å². The zero-order chi connectivity index (χ0) is 19.9. The number of ether oxygens (including phenoxy) is 2. The Balaban J connectivity index is 2.48. The second kappa shape index (κ2) is 9.27. The van der Waals surface area contributed by atoms with Crippen LogP contribution in [0.25, 0.3) is 0 Å². The minimum absolute atomic E-state index is 0.0532. The summed E-state index contributed by atoms with van der Waals surface area (Å²) in [4.78, 5) is 12.3. The molecule has 0 aromatic heterocycles. The molecule has 2 rings (SSSR count). The standard InChI is InChI=1S/C19H24N2O5S/c1-4-13-20-19(22)14-21(17-7-5-6-8-18(17)26-3)27(23,24)16-11-9-15(25-2)10-12-16/h5-12H,4,13-14H2,1-3H3,(H,20,22). The van der Waals surface area contributed by atoms with Gasteiger partial charge in [-0.3, -0.25) is 9.10 Å². The predicted octanol–water partition coefficient (Wildman–Crippen LogP) is 2.43. The van der Waals surface area contributed by atoms with Crippen LogP contribution in [0, 0.1) is 0 Å². The van der Waals surface area contributed by atoms with Crippen LogP contribution in [-0.2, 0) is 14.8 Å². The number of hydrogen-bond donors (Lipinski definition) is 1. The van der Waals surface area contributed by atoms with Gasteiger partial charge in [0.15, 0.2) is 0 Å². The summed E-state index contributed by atoms with van der Waals surface area (Å²) in [6.45, 7) is 2.04. The zero-order valence-electron chi connectivity index (χ0n) is 15.6. The Morgan fingerprint density at radius 2 is 1.70 bits per heavy atom. The lowest BCUT2D eigenvalue weighted by Crippen LogP contribution is -2.41. The first-order chi connectivity index (χ1) is 12.9. The molecule has 0 spiro atoms. The number of sulfonamides is 1. The number of carbonyl (C=O) groups is 1. The van der Waals surface area contributed by atoms with E-state index >= 15 is 0 Å². The molecule has 0 saturated heterocycles. The van der Waals surface area contributed by atoms with E-state index < -0.39 is 10.0 Å². The van der Waals surface area contributed by atoms with Gasteiger partial charge in [0, 0.05) is 6.54 Å². The van der Waals surface area contributed by atoms with Crippen LogP contribution in [0.4, 0.5) is 5.69 Å². The van der Waals surface area contributed by atoms with Crippen LogP contribution in [0.3, 0.4) is 0 Å². The van der Waals surface area contributed by atoms with Gasteiger partial charge in [0.25, 0.3) is 10.0 Å². The molecule has 8 heteroatoms. The lowest BCUT2D eigenvalue weighted by atomic mass is 10.3. The molecule has 27 heavy (non-hydrogen) atoms. The van der Waals surface area contributed by atoms with Crippen molar-refractivity contribution in [2.45, 2.75) is 18.2 Å². The van der Waals surface area contributed by atoms with Crippen molar-refractivity contribution in [1.82, 2.24) is 5.32 Å². The fourth-order valence-corrected chi connectivity index (χ4v) is 3.89. The molecule has 1 N–H and O–H groups in total. The van der Waals surface area contributed by atoms with Crippen LogP contribution in [0.15, 0.2) is 53.4 Å². The summed E-state index contributed by atoms with van der Waals surface area (Å²) in [6, 6.07) is 12.7. The highest BCUT2D eigenvalue weighted by atomic mass is 32.2. The first-order valence-corrected chi connectivity index (χ1v) is 9.94. The first kappa shape index (κ1) is 20.6. The Labute approximate surface area is 160 Å². The Morgan fingerprint density at radius 1 is 1.04 bits per heavy atom. The monoisotopic (exact) mass is 392 g/mol. The Bertz CT molecular complexity index is 866. The maximum absolute atomic E-state index is 13.3. The summed E-state index contributed by atoms with van der Waals surface area (Å²) in [5.74, 6) is 0.510. The summed E-state index contributed by atoms with van der Waals surface area (Å²) in [6.07, 6.45) is 0.756.